The van der Waals surface area contributed by atoms with Crippen LogP contribution in [0.2, 0.25) is 0 Å². The van der Waals surface area contributed by atoms with Crippen LogP contribution in [0, 0.1) is 18.8 Å². The molecule has 1 N–H and O–H groups in total. The van der Waals surface area contributed by atoms with Crippen molar-refractivity contribution in [1.29, 1.82) is 0 Å². The van der Waals surface area contributed by atoms with Gasteiger partial charge in [0.1, 0.15) is 0 Å². The maximum Gasteiger partial charge on any atom is 0.0822 e. The Labute approximate surface area is 104 Å². The summed E-state index contributed by atoms with van der Waals surface area (Å²) in [5, 5.41) is 10.5. The van der Waals surface area contributed by atoms with Crippen molar-refractivity contribution in [1.82, 2.24) is 4.98 Å². The summed E-state index contributed by atoms with van der Waals surface area (Å²) in [6.45, 7) is 4.22. The Morgan fingerprint density at radius 2 is 2.18 bits per heavy atom. The summed E-state index contributed by atoms with van der Waals surface area (Å²) >= 11 is 0. The average molecular weight is 233 g/mol. The quantitative estimate of drug-likeness (QED) is 0.864. The number of aryl methyl sites for hydroxylation is 1. The van der Waals surface area contributed by atoms with E-state index in [0.29, 0.717) is 11.8 Å². The van der Waals surface area contributed by atoms with E-state index >= 15 is 0 Å². The first-order valence-electron chi connectivity index (χ1n) is 6.83. The van der Waals surface area contributed by atoms with Crippen LogP contribution in [-0.2, 0) is 0 Å². The van der Waals surface area contributed by atoms with Gasteiger partial charge in [-0.3, -0.25) is 4.98 Å². The van der Waals surface area contributed by atoms with Crippen molar-refractivity contribution in [2.24, 2.45) is 11.8 Å². The number of aliphatic hydroxyl groups is 1. The summed E-state index contributed by atoms with van der Waals surface area (Å²) in [7, 11) is 0. The van der Waals surface area contributed by atoms with Crippen LogP contribution in [0.1, 0.15) is 56.4 Å². The summed E-state index contributed by atoms with van der Waals surface area (Å²) in [6, 6.07) is 3.98. The van der Waals surface area contributed by atoms with Gasteiger partial charge in [-0.2, -0.15) is 0 Å². The molecule has 1 saturated carbocycles. The predicted molar refractivity (Wildman–Crippen MR) is 69.7 cm³/mol. The number of aromatic nitrogens is 1. The summed E-state index contributed by atoms with van der Waals surface area (Å²) in [6.07, 6.45) is 7.73. The molecule has 3 atom stereocenters. The van der Waals surface area contributed by atoms with Gasteiger partial charge in [-0.15, -0.1) is 0 Å². The fourth-order valence-electron chi connectivity index (χ4n) is 3.16. The van der Waals surface area contributed by atoms with Crippen molar-refractivity contribution in [3.8, 4) is 0 Å². The zero-order valence-corrected chi connectivity index (χ0v) is 10.9. The molecular weight excluding hydrogens is 210 g/mol. The fourth-order valence-corrected chi connectivity index (χ4v) is 3.16. The van der Waals surface area contributed by atoms with Crippen molar-refractivity contribution in [3.05, 3.63) is 29.6 Å². The molecule has 2 heteroatoms. The highest BCUT2D eigenvalue weighted by molar-refractivity contribution is 5.19. The highest BCUT2D eigenvalue weighted by atomic mass is 16.3. The Balaban J connectivity index is 2.15. The van der Waals surface area contributed by atoms with Gasteiger partial charge in [-0.25, -0.2) is 0 Å². The zero-order valence-electron chi connectivity index (χ0n) is 10.9. The fraction of sp³-hybridized carbons (Fsp3) is 0.667. The molecule has 1 aromatic heterocycles. The van der Waals surface area contributed by atoms with Gasteiger partial charge >= 0.3 is 0 Å². The Kier molecular flexibility index (Phi) is 4.16. The summed E-state index contributed by atoms with van der Waals surface area (Å²) < 4.78 is 0. The van der Waals surface area contributed by atoms with Gasteiger partial charge in [0.25, 0.3) is 0 Å². The minimum Gasteiger partial charge on any atom is -0.388 e. The van der Waals surface area contributed by atoms with Gasteiger partial charge in [0.05, 0.1) is 6.10 Å². The van der Waals surface area contributed by atoms with E-state index in [-0.39, 0.29) is 6.10 Å². The summed E-state index contributed by atoms with van der Waals surface area (Å²) in [4.78, 5) is 4.20. The third kappa shape index (κ3) is 2.86. The first-order chi connectivity index (χ1) is 8.22. The van der Waals surface area contributed by atoms with E-state index < -0.39 is 0 Å². The zero-order chi connectivity index (χ0) is 12.3. The van der Waals surface area contributed by atoms with E-state index in [1.807, 2.05) is 19.1 Å². The topological polar surface area (TPSA) is 33.1 Å². The Hall–Kier alpha value is -0.890. The Bertz CT molecular complexity index is 364. The molecule has 1 aliphatic rings. The molecule has 17 heavy (non-hydrogen) atoms. The summed E-state index contributed by atoms with van der Waals surface area (Å²) in [5.41, 5.74) is 2.04. The highest BCUT2D eigenvalue weighted by Gasteiger charge is 2.30. The normalized spacial score (nSPS) is 26.8. The molecule has 2 nitrogen and oxygen atoms in total. The number of hydrogen-bond acceptors (Lipinski definition) is 2. The van der Waals surface area contributed by atoms with E-state index in [2.05, 4.69) is 11.9 Å². The second-order valence-corrected chi connectivity index (χ2v) is 5.29. The number of rotatable bonds is 3. The molecule has 0 amide bonds. The van der Waals surface area contributed by atoms with E-state index in [4.69, 9.17) is 0 Å². The van der Waals surface area contributed by atoms with Crippen LogP contribution in [0.3, 0.4) is 0 Å². The lowest BCUT2D eigenvalue weighted by molar-refractivity contribution is 0.0451. The first kappa shape index (κ1) is 12.6. The van der Waals surface area contributed by atoms with Crippen LogP contribution in [0.25, 0.3) is 0 Å². The maximum absolute atomic E-state index is 10.5. The van der Waals surface area contributed by atoms with Gasteiger partial charge in [0.2, 0.25) is 0 Å². The van der Waals surface area contributed by atoms with Crippen LogP contribution >= 0.6 is 0 Å². The SMILES string of the molecule is CCC1CCCCC1C(O)c1ccnc(C)c1. The van der Waals surface area contributed by atoms with Crippen LogP contribution < -0.4 is 0 Å². The van der Waals surface area contributed by atoms with Crippen LogP contribution in [0.4, 0.5) is 0 Å². The van der Waals surface area contributed by atoms with Crippen molar-refractivity contribution in [3.63, 3.8) is 0 Å². The molecule has 0 saturated heterocycles. The minimum absolute atomic E-state index is 0.304. The van der Waals surface area contributed by atoms with Crippen molar-refractivity contribution >= 4 is 0 Å². The van der Waals surface area contributed by atoms with Crippen molar-refractivity contribution < 1.29 is 5.11 Å². The lowest BCUT2D eigenvalue weighted by Crippen LogP contribution is -2.25. The van der Waals surface area contributed by atoms with E-state index in [1.54, 1.807) is 6.20 Å². The van der Waals surface area contributed by atoms with Gasteiger partial charge in [0.15, 0.2) is 0 Å². The third-order valence-corrected chi connectivity index (χ3v) is 4.16. The Morgan fingerprint density at radius 3 is 2.88 bits per heavy atom. The lowest BCUT2D eigenvalue weighted by atomic mass is 9.73. The van der Waals surface area contributed by atoms with Crippen LogP contribution in [-0.4, -0.2) is 10.1 Å². The van der Waals surface area contributed by atoms with Gasteiger partial charge in [0, 0.05) is 11.9 Å². The molecule has 1 aromatic rings. The van der Waals surface area contributed by atoms with Gasteiger partial charge in [-0.1, -0.05) is 32.6 Å². The van der Waals surface area contributed by atoms with Crippen LogP contribution in [0.15, 0.2) is 18.3 Å². The molecule has 1 aliphatic carbocycles. The van der Waals surface area contributed by atoms with Gasteiger partial charge in [-0.05, 0) is 42.9 Å². The number of pyridine rings is 1. The molecule has 3 unspecified atom stereocenters. The van der Waals surface area contributed by atoms with E-state index in [0.717, 1.165) is 11.3 Å². The largest absolute Gasteiger partial charge is 0.388 e. The molecule has 0 bridgehead atoms. The van der Waals surface area contributed by atoms with Gasteiger partial charge < -0.3 is 5.11 Å². The highest BCUT2D eigenvalue weighted by Crippen LogP contribution is 2.40. The molecule has 1 fully saturated rings. The predicted octanol–water partition coefficient (Wildman–Crippen LogP) is 3.64. The molecule has 0 radical (unpaired) electrons. The monoisotopic (exact) mass is 233 g/mol. The van der Waals surface area contributed by atoms with E-state index in [9.17, 15) is 5.11 Å². The van der Waals surface area contributed by atoms with Crippen molar-refractivity contribution in [2.75, 3.05) is 0 Å². The molecule has 94 valence electrons. The van der Waals surface area contributed by atoms with Crippen molar-refractivity contribution in [2.45, 2.75) is 52.1 Å². The smallest absolute Gasteiger partial charge is 0.0822 e. The molecular formula is C15H23NO. The number of aliphatic hydroxyl groups excluding tert-OH is 1. The second-order valence-electron chi connectivity index (χ2n) is 5.29. The maximum atomic E-state index is 10.5. The second kappa shape index (κ2) is 5.63. The molecule has 1 heterocycles. The molecule has 2 rings (SSSR count). The first-order valence-corrected chi connectivity index (χ1v) is 6.83. The number of nitrogens with zero attached hydrogens (tertiary/aromatic N) is 1. The minimum atomic E-state index is -0.304. The van der Waals surface area contributed by atoms with Crippen LogP contribution in [0.5, 0.6) is 0 Å². The molecule has 0 aromatic carbocycles. The average Bonchev–Trinajstić information content (AvgIpc) is 2.38. The lowest BCUT2D eigenvalue weighted by Gasteiger charge is -2.34. The standard InChI is InChI=1S/C15H23NO/c1-3-12-6-4-5-7-14(12)15(17)13-8-9-16-11(2)10-13/h8-10,12,14-15,17H,3-7H2,1-2H3. The third-order valence-electron chi connectivity index (χ3n) is 4.16. The summed E-state index contributed by atoms with van der Waals surface area (Å²) in [5.74, 6) is 1.13. The molecule has 0 aliphatic heterocycles. The molecule has 0 spiro atoms. The Morgan fingerprint density at radius 1 is 1.41 bits per heavy atom. The number of hydrogen-bond donors (Lipinski definition) is 1. The van der Waals surface area contributed by atoms with E-state index in [1.165, 1.54) is 32.1 Å².